The Labute approximate surface area is 123 Å². The molecule has 8 heteroatoms. The lowest BCUT2D eigenvalue weighted by atomic mass is 9.95. The molecular weight excluding hydrogens is 296 g/mol. The summed E-state index contributed by atoms with van der Waals surface area (Å²) < 4.78 is 26.6. The van der Waals surface area contributed by atoms with E-state index in [0.29, 0.717) is 12.8 Å². The highest BCUT2D eigenvalue weighted by Crippen LogP contribution is 2.26. The number of H-pyrrole nitrogens is 1. The molecule has 0 unspecified atom stereocenters. The monoisotopic (exact) mass is 316 g/mol. The molecule has 0 aromatic carbocycles. The number of aliphatic hydroxyl groups is 1. The van der Waals surface area contributed by atoms with E-state index in [0.717, 1.165) is 37.9 Å². The summed E-state index contributed by atoms with van der Waals surface area (Å²) in [5, 5.41) is 19.2. The van der Waals surface area contributed by atoms with Crippen molar-refractivity contribution in [1.29, 1.82) is 0 Å². The summed E-state index contributed by atoms with van der Waals surface area (Å²) in [4.78, 5) is 13.0. The van der Waals surface area contributed by atoms with Crippen LogP contribution < -0.4 is 4.72 Å². The maximum Gasteiger partial charge on any atom is 0.352 e. The number of hydrogen-bond donors (Lipinski definition) is 4. The first-order valence-electron chi connectivity index (χ1n) is 6.96. The molecule has 118 valence electrons. The van der Waals surface area contributed by atoms with Gasteiger partial charge in [0.1, 0.15) is 10.6 Å². The molecule has 0 radical (unpaired) electrons. The van der Waals surface area contributed by atoms with E-state index < -0.39 is 21.6 Å². The molecule has 21 heavy (non-hydrogen) atoms. The van der Waals surface area contributed by atoms with Crippen molar-refractivity contribution in [1.82, 2.24) is 9.71 Å². The SMILES string of the molecule is O=C(O)c1cc(S(=O)(=O)NCC2(O)CCCCCC2)c[nH]1. The Hall–Kier alpha value is -1.38. The highest BCUT2D eigenvalue weighted by atomic mass is 32.2. The summed E-state index contributed by atoms with van der Waals surface area (Å²) in [6.07, 6.45) is 6.13. The normalized spacial score (nSPS) is 19.1. The standard InChI is InChI=1S/C13H20N2O5S/c16-12(17)11-7-10(8-14-11)21(19,20)15-9-13(18)5-3-1-2-4-6-13/h7-8,14-15,18H,1-6,9H2,(H,16,17). The highest BCUT2D eigenvalue weighted by molar-refractivity contribution is 7.89. The van der Waals surface area contributed by atoms with E-state index in [1.165, 1.54) is 0 Å². The van der Waals surface area contributed by atoms with Crippen LogP contribution in [0.15, 0.2) is 17.2 Å². The van der Waals surface area contributed by atoms with E-state index in [1.54, 1.807) is 0 Å². The Morgan fingerprint density at radius 2 is 1.90 bits per heavy atom. The maximum atomic E-state index is 12.1. The Balaban J connectivity index is 2.04. The minimum Gasteiger partial charge on any atom is -0.477 e. The average molecular weight is 316 g/mol. The number of carbonyl (C=O) groups is 1. The quantitative estimate of drug-likeness (QED) is 0.606. The van der Waals surface area contributed by atoms with Gasteiger partial charge in [0, 0.05) is 12.7 Å². The Morgan fingerprint density at radius 3 is 2.43 bits per heavy atom. The second-order valence-corrected chi connectivity index (χ2v) is 7.28. The van der Waals surface area contributed by atoms with Gasteiger partial charge in [-0.2, -0.15) is 0 Å². The van der Waals surface area contributed by atoms with Crippen molar-refractivity contribution in [3.05, 3.63) is 18.0 Å². The van der Waals surface area contributed by atoms with Crippen molar-refractivity contribution < 1.29 is 23.4 Å². The molecule has 0 bridgehead atoms. The largest absolute Gasteiger partial charge is 0.477 e. The summed E-state index contributed by atoms with van der Waals surface area (Å²) in [6, 6.07) is 1.06. The lowest BCUT2D eigenvalue weighted by molar-refractivity contribution is 0.0303. The molecule has 0 amide bonds. The molecule has 1 heterocycles. The molecule has 1 aliphatic carbocycles. The Morgan fingerprint density at radius 1 is 1.29 bits per heavy atom. The van der Waals surface area contributed by atoms with Gasteiger partial charge in [-0.05, 0) is 18.9 Å². The predicted molar refractivity (Wildman–Crippen MR) is 75.6 cm³/mol. The third kappa shape index (κ3) is 4.05. The second-order valence-electron chi connectivity index (χ2n) is 5.52. The summed E-state index contributed by atoms with van der Waals surface area (Å²) >= 11 is 0. The predicted octanol–water partition coefficient (Wildman–Crippen LogP) is 1.08. The number of aromatic nitrogens is 1. The van der Waals surface area contributed by atoms with Crippen molar-refractivity contribution in [2.75, 3.05) is 6.54 Å². The van der Waals surface area contributed by atoms with Crippen molar-refractivity contribution >= 4 is 16.0 Å². The van der Waals surface area contributed by atoms with Gasteiger partial charge in [0.25, 0.3) is 0 Å². The van der Waals surface area contributed by atoms with Crippen LogP contribution >= 0.6 is 0 Å². The number of nitrogens with one attached hydrogen (secondary N) is 2. The molecule has 0 aliphatic heterocycles. The minimum atomic E-state index is -3.83. The fraction of sp³-hybridized carbons (Fsp3) is 0.615. The fourth-order valence-electron chi connectivity index (χ4n) is 2.53. The molecule has 1 aliphatic rings. The van der Waals surface area contributed by atoms with Crippen molar-refractivity contribution in [2.45, 2.75) is 49.0 Å². The lowest BCUT2D eigenvalue weighted by Gasteiger charge is -2.26. The second kappa shape index (κ2) is 6.17. The van der Waals surface area contributed by atoms with E-state index >= 15 is 0 Å². The molecule has 0 atom stereocenters. The molecule has 1 saturated carbocycles. The van der Waals surface area contributed by atoms with Gasteiger partial charge in [-0.15, -0.1) is 0 Å². The van der Waals surface area contributed by atoms with Gasteiger partial charge in [0.05, 0.1) is 5.60 Å². The minimum absolute atomic E-state index is 0.0527. The van der Waals surface area contributed by atoms with E-state index in [4.69, 9.17) is 5.11 Å². The lowest BCUT2D eigenvalue weighted by Crippen LogP contribution is -2.42. The zero-order valence-electron chi connectivity index (χ0n) is 11.6. The van der Waals surface area contributed by atoms with Gasteiger partial charge in [-0.1, -0.05) is 25.7 Å². The van der Waals surface area contributed by atoms with Crippen LogP contribution in [0.1, 0.15) is 49.0 Å². The molecule has 1 fully saturated rings. The van der Waals surface area contributed by atoms with Crippen LogP contribution in [0.2, 0.25) is 0 Å². The molecule has 2 rings (SSSR count). The number of rotatable bonds is 5. The van der Waals surface area contributed by atoms with E-state index in [1.807, 2.05) is 0 Å². The van der Waals surface area contributed by atoms with Crippen molar-refractivity contribution in [2.24, 2.45) is 0 Å². The smallest absolute Gasteiger partial charge is 0.352 e. The summed E-state index contributed by atoms with van der Waals surface area (Å²) in [7, 11) is -3.83. The van der Waals surface area contributed by atoms with Gasteiger partial charge in [-0.3, -0.25) is 0 Å². The maximum absolute atomic E-state index is 12.1. The Kier molecular flexibility index (Phi) is 4.70. The van der Waals surface area contributed by atoms with Gasteiger partial charge in [0.15, 0.2) is 0 Å². The van der Waals surface area contributed by atoms with Gasteiger partial charge < -0.3 is 15.2 Å². The first-order valence-corrected chi connectivity index (χ1v) is 8.44. The third-order valence-electron chi connectivity index (χ3n) is 3.82. The topological polar surface area (TPSA) is 119 Å². The van der Waals surface area contributed by atoms with E-state index in [2.05, 4.69) is 9.71 Å². The first kappa shape index (κ1) is 16.0. The molecule has 1 aromatic rings. The Bertz CT molecular complexity index is 600. The van der Waals surface area contributed by atoms with Crippen LogP contribution in [0.25, 0.3) is 0 Å². The molecule has 4 N–H and O–H groups in total. The molecule has 0 saturated heterocycles. The average Bonchev–Trinajstić information content (AvgIpc) is 2.83. The van der Waals surface area contributed by atoms with Crippen LogP contribution in [0.5, 0.6) is 0 Å². The van der Waals surface area contributed by atoms with Crippen molar-refractivity contribution in [3.8, 4) is 0 Å². The first-order chi connectivity index (χ1) is 9.82. The zero-order chi connectivity index (χ0) is 15.5. The zero-order valence-corrected chi connectivity index (χ0v) is 12.4. The number of carboxylic acid groups (broad SMARTS) is 1. The van der Waals surface area contributed by atoms with Crippen LogP contribution in [-0.4, -0.2) is 41.7 Å². The number of aromatic carboxylic acids is 1. The van der Waals surface area contributed by atoms with Gasteiger partial charge in [0.2, 0.25) is 10.0 Å². The molecule has 7 nitrogen and oxygen atoms in total. The van der Waals surface area contributed by atoms with E-state index in [9.17, 15) is 18.3 Å². The summed E-state index contributed by atoms with van der Waals surface area (Å²) in [5.74, 6) is -1.22. The van der Waals surface area contributed by atoms with Crippen LogP contribution in [-0.2, 0) is 10.0 Å². The summed E-state index contributed by atoms with van der Waals surface area (Å²) in [5.41, 5.74) is -1.21. The molecule has 0 spiro atoms. The van der Waals surface area contributed by atoms with Gasteiger partial charge >= 0.3 is 5.97 Å². The van der Waals surface area contributed by atoms with Crippen LogP contribution in [0.3, 0.4) is 0 Å². The number of sulfonamides is 1. The van der Waals surface area contributed by atoms with Crippen LogP contribution in [0.4, 0.5) is 0 Å². The van der Waals surface area contributed by atoms with E-state index in [-0.39, 0.29) is 17.1 Å². The molecular formula is C13H20N2O5S. The highest BCUT2D eigenvalue weighted by Gasteiger charge is 2.30. The fourth-order valence-corrected chi connectivity index (χ4v) is 3.64. The third-order valence-corrected chi connectivity index (χ3v) is 5.20. The van der Waals surface area contributed by atoms with Crippen LogP contribution in [0, 0.1) is 0 Å². The van der Waals surface area contributed by atoms with Crippen molar-refractivity contribution in [3.63, 3.8) is 0 Å². The number of carboxylic acids is 1. The number of hydrogen-bond acceptors (Lipinski definition) is 4. The molecule has 1 aromatic heterocycles. The summed E-state index contributed by atoms with van der Waals surface area (Å²) in [6.45, 7) is -0.0527. The van der Waals surface area contributed by atoms with Gasteiger partial charge in [-0.25, -0.2) is 17.9 Å². The number of aromatic amines is 1.